The van der Waals surface area contributed by atoms with Crippen LogP contribution in [0.4, 0.5) is 0 Å². The van der Waals surface area contributed by atoms with Gasteiger partial charge in [0, 0.05) is 68.3 Å². The first kappa shape index (κ1) is 34.0. The van der Waals surface area contributed by atoms with E-state index in [-0.39, 0.29) is 0 Å². The molecule has 0 aliphatic carbocycles. The van der Waals surface area contributed by atoms with Gasteiger partial charge in [0.2, 0.25) is 0 Å². The van der Waals surface area contributed by atoms with Gasteiger partial charge in [0.15, 0.2) is 0 Å². The van der Waals surface area contributed by atoms with Crippen molar-refractivity contribution < 1.29 is 14.0 Å². The SMILES string of the molecule is CN(C)CCCOc1cccc(C2=c3ccc([nH]3)=Cc3ccc([nH]3)C(c3cccc(OCCC[N+](C)(C)C)c3)=c3ccc([nH]3)=Cc3ccc2[nH]3)c1. The van der Waals surface area contributed by atoms with Gasteiger partial charge in [-0.15, -0.1) is 0 Å². The molecular formula is C43H49N6O2+. The standard InChI is InChI=1S/C43H49N6O2/c1-48(2)22-8-24-50-36-12-6-10-30(26-36)42-38-18-14-32(44-38)28-34-16-20-40(46-34)43(41-21-17-35(47-41)29-33-15-19-39(42)45-33)31-11-7-13-37(27-31)51-25-9-23-49(3,4)5/h6-7,10-21,26-29,44-47H,8-9,22-25H2,1-5H3/q+1. The van der Waals surface area contributed by atoms with E-state index in [0.717, 1.165) is 108 Å². The highest BCUT2D eigenvalue weighted by atomic mass is 16.5. The Morgan fingerprint density at radius 3 is 1.57 bits per heavy atom. The summed E-state index contributed by atoms with van der Waals surface area (Å²) in [4.78, 5) is 16.9. The number of aromatic nitrogens is 4. The molecule has 51 heavy (non-hydrogen) atoms. The molecule has 2 aromatic carbocycles. The molecule has 262 valence electrons. The summed E-state index contributed by atoms with van der Waals surface area (Å²) in [5.41, 5.74) is 8.36. The molecule has 0 radical (unpaired) electrons. The molecule has 8 bridgehead atoms. The predicted octanol–water partition coefficient (Wildman–Crippen LogP) is 4.27. The van der Waals surface area contributed by atoms with Crippen LogP contribution >= 0.6 is 0 Å². The molecular weight excluding hydrogens is 633 g/mol. The van der Waals surface area contributed by atoms with Gasteiger partial charge >= 0.3 is 0 Å². The highest BCUT2D eigenvalue weighted by Gasteiger charge is 2.14. The zero-order valence-electron chi connectivity index (χ0n) is 30.3. The molecule has 0 saturated carbocycles. The van der Waals surface area contributed by atoms with Gasteiger partial charge in [0.1, 0.15) is 11.5 Å². The maximum absolute atomic E-state index is 6.23. The first-order valence-electron chi connectivity index (χ1n) is 17.8. The number of fused-ring (bicyclic) bond motifs is 8. The van der Waals surface area contributed by atoms with E-state index in [4.69, 9.17) is 9.47 Å². The second-order valence-electron chi connectivity index (χ2n) is 14.6. The molecule has 0 fully saturated rings. The topological polar surface area (TPSA) is 84.9 Å². The Morgan fingerprint density at radius 1 is 0.569 bits per heavy atom. The van der Waals surface area contributed by atoms with Crippen molar-refractivity contribution >= 4 is 23.3 Å². The van der Waals surface area contributed by atoms with Gasteiger partial charge in [0.05, 0.1) is 40.9 Å². The number of quaternary nitrogens is 1. The van der Waals surface area contributed by atoms with E-state index in [1.54, 1.807) is 0 Å². The van der Waals surface area contributed by atoms with Crippen LogP contribution in [0.3, 0.4) is 0 Å². The number of hydrogen-bond acceptors (Lipinski definition) is 3. The van der Waals surface area contributed by atoms with Gasteiger partial charge in [-0.1, -0.05) is 24.3 Å². The summed E-state index contributed by atoms with van der Waals surface area (Å²) in [7, 11) is 10.8. The Bertz CT molecular complexity index is 2360. The Morgan fingerprint density at radius 2 is 1.08 bits per heavy atom. The minimum Gasteiger partial charge on any atom is -0.494 e. The van der Waals surface area contributed by atoms with E-state index in [1.165, 1.54) is 0 Å². The van der Waals surface area contributed by atoms with Gasteiger partial charge in [-0.05, 0) is 117 Å². The summed E-state index contributed by atoms with van der Waals surface area (Å²) < 4.78 is 13.3. The quantitative estimate of drug-likeness (QED) is 0.115. The maximum Gasteiger partial charge on any atom is 0.119 e. The van der Waals surface area contributed by atoms with E-state index in [2.05, 4.69) is 157 Å². The lowest BCUT2D eigenvalue weighted by atomic mass is 10.0. The molecule has 0 atom stereocenters. The van der Waals surface area contributed by atoms with Crippen molar-refractivity contribution in [1.29, 1.82) is 0 Å². The molecule has 5 heterocycles. The Kier molecular flexibility index (Phi) is 9.88. The second-order valence-corrected chi connectivity index (χ2v) is 14.6. The number of hydrogen-bond donors (Lipinski definition) is 4. The van der Waals surface area contributed by atoms with Crippen LogP contribution in [-0.4, -0.2) is 90.9 Å². The number of H-pyrrole nitrogens is 4. The van der Waals surface area contributed by atoms with Crippen LogP contribution in [0.5, 0.6) is 11.5 Å². The first-order valence-corrected chi connectivity index (χ1v) is 17.8. The summed E-state index contributed by atoms with van der Waals surface area (Å²) in [6, 6.07) is 33.9. The molecule has 6 aromatic rings. The average Bonchev–Trinajstić information content (AvgIpc) is 3.92. The third-order valence-electron chi connectivity index (χ3n) is 9.04. The van der Waals surface area contributed by atoms with E-state index < -0.39 is 0 Å². The highest BCUT2D eigenvalue weighted by Crippen LogP contribution is 2.26. The average molecular weight is 682 g/mol. The van der Waals surface area contributed by atoms with Crippen LogP contribution in [0.1, 0.15) is 46.7 Å². The van der Waals surface area contributed by atoms with Gasteiger partial charge in [-0.2, -0.15) is 0 Å². The maximum atomic E-state index is 6.23. The molecule has 0 amide bonds. The summed E-state index contributed by atoms with van der Waals surface area (Å²) >= 11 is 0. The van der Waals surface area contributed by atoms with Gasteiger partial charge < -0.3 is 38.8 Å². The smallest absolute Gasteiger partial charge is 0.119 e. The fourth-order valence-corrected chi connectivity index (χ4v) is 6.60. The normalized spacial score (nSPS) is 12.9. The van der Waals surface area contributed by atoms with Crippen LogP contribution in [-0.2, 0) is 0 Å². The van der Waals surface area contributed by atoms with Crippen LogP contribution in [0.15, 0.2) is 97.1 Å². The number of benzene rings is 2. The van der Waals surface area contributed by atoms with Crippen LogP contribution in [0.25, 0.3) is 23.3 Å². The van der Waals surface area contributed by atoms with Crippen molar-refractivity contribution in [2.75, 3.05) is 61.5 Å². The third kappa shape index (κ3) is 8.48. The van der Waals surface area contributed by atoms with E-state index in [9.17, 15) is 0 Å². The molecule has 7 rings (SSSR count). The van der Waals surface area contributed by atoms with Gasteiger partial charge in [-0.25, -0.2) is 0 Å². The fraction of sp³-hybridized carbons (Fsp3) is 0.256. The molecule has 4 aromatic heterocycles. The van der Waals surface area contributed by atoms with Crippen molar-refractivity contribution in [3.05, 3.63) is 152 Å². The summed E-state index contributed by atoms with van der Waals surface area (Å²) in [5, 5.41) is 4.05. The van der Waals surface area contributed by atoms with Crippen LogP contribution < -0.4 is 30.9 Å². The Balaban J connectivity index is 1.29. The largest absolute Gasteiger partial charge is 0.494 e. The molecule has 1 aliphatic heterocycles. The fourth-order valence-electron chi connectivity index (χ4n) is 6.60. The lowest BCUT2D eigenvalue weighted by Crippen LogP contribution is -2.35. The van der Waals surface area contributed by atoms with E-state index in [1.807, 2.05) is 12.1 Å². The highest BCUT2D eigenvalue weighted by molar-refractivity contribution is 5.80. The molecule has 1 aliphatic rings. The monoisotopic (exact) mass is 681 g/mol. The molecule has 0 saturated heterocycles. The molecule has 4 N–H and O–H groups in total. The summed E-state index contributed by atoms with van der Waals surface area (Å²) in [6.45, 7) is 3.41. The van der Waals surface area contributed by atoms with Gasteiger partial charge in [-0.3, -0.25) is 0 Å². The minimum atomic E-state index is 0.673. The lowest BCUT2D eigenvalue weighted by Gasteiger charge is -2.23. The van der Waals surface area contributed by atoms with Crippen molar-refractivity contribution in [2.24, 2.45) is 0 Å². The molecule has 8 heteroatoms. The number of nitrogens with zero attached hydrogens (tertiary/aromatic N) is 2. The molecule has 0 spiro atoms. The summed E-state index contributed by atoms with van der Waals surface area (Å²) in [6.07, 6.45) is 6.27. The zero-order valence-corrected chi connectivity index (χ0v) is 30.3. The lowest BCUT2D eigenvalue weighted by molar-refractivity contribution is -0.870. The van der Waals surface area contributed by atoms with Gasteiger partial charge in [0.25, 0.3) is 0 Å². The minimum absolute atomic E-state index is 0.673. The number of nitrogens with one attached hydrogen (secondary N) is 4. The first-order chi connectivity index (χ1) is 24.7. The predicted molar refractivity (Wildman–Crippen MR) is 207 cm³/mol. The number of rotatable bonds is 12. The van der Waals surface area contributed by atoms with Crippen LogP contribution in [0, 0.1) is 0 Å². The van der Waals surface area contributed by atoms with Crippen molar-refractivity contribution in [3.8, 4) is 11.5 Å². The Hall–Kier alpha value is -5.44. The molecule has 8 nitrogen and oxygen atoms in total. The van der Waals surface area contributed by atoms with E-state index >= 15 is 0 Å². The van der Waals surface area contributed by atoms with Crippen molar-refractivity contribution in [3.63, 3.8) is 0 Å². The third-order valence-corrected chi connectivity index (χ3v) is 9.04. The van der Waals surface area contributed by atoms with Crippen molar-refractivity contribution in [1.82, 2.24) is 24.8 Å². The zero-order chi connectivity index (χ0) is 35.4. The summed E-state index contributed by atoms with van der Waals surface area (Å²) in [5.74, 6) is 1.74. The molecule has 0 unspecified atom stereocenters. The number of ether oxygens (including phenoxy) is 2. The number of aromatic amines is 4. The van der Waals surface area contributed by atoms with E-state index in [0.29, 0.717) is 13.2 Å². The second kappa shape index (κ2) is 14.8. The van der Waals surface area contributed by atoms with Crippen molar-refractivity contribution in [2.45, 2.75) is 12.8 Å². The van der Waals surface area contributed by atoms with Crippen LogP contribution in [0.2, 0.25) is 0 Å². The Labute approximate surface area is 299 Å².